The summed E-state index contributed by atoms with van der Waals surface area (Å²) in [6.07, 6.45) is 12.7. The minimum atomic E-state index is -2.88. The number of amidine groups is 1. The minimum Gasteiger partial charge on any atom is -0.490 e. The fraction of sp³-hybridized carbons (Fsp3) is 0.500. The predicted octanol–water partition coefficient (Wildman–Crippen LogP) is 5.81. The first-order valence-corrected chi connectivity index (χ1v) is 18.7. The Labute approximate surface area is 277 Å². The third-order valence-electron chi connectivity index (χ3n) is 10.6. The Morgan fingerprint density at radius 3 is 2.91 bits per heavy atom. The van der Waals surface area contributed by atoms with Crippen molar-refractivity contribution in [2.75, 3.05) is 37.7 Å². The zero-order valence-electron chi connectivity index (χ0n) is 26.5. The molecule has 1 saturated carbocycles. The van der Waals surface area contributed by atoms with Gasteiger partial charge in [-0.05, 0) is 111 Å². The molecule has 1 N–H and O–H groups in total. The summed E-state index contributed by atoms with van der Waals surface area (Å²) in [5, 5.41) is 0.462. The summed E-state index contributed by atoms with van der Waals surface area (Å²) in [6.45, 7) is 5.01. The number of fused-ring (bicyclic) bond motifs is 4. The lowest BCUT2D eigenvalue weighted by atomic mass is 9.68. The van der Waals surface area contributed by atoms with E-state index in [4.69, 9.17) is 21.1 Å². The van der Waals surface area contributed by atoms with Gasteiger partial charge >= 0.3 is 0 Å². The molecule has 2 aliphatic carbocycles. The van der Waals surface area contributed by atoms with Crippen molar-refractivity contribution in [3.8, 4) is 5.75 Å². The minimum absolute atomic E-state index is 0.0789. The van der Waals surface area contributed by atoms with Crippen LogP contribution in [0.3, 0.4) is 0 Å². The third kappa shape index (κ3) is 6.26. The van der Waals surface area contributed by atoms with E-state index in [-0.39, 0.29) is 22.7 Å². The smallest absolute Gasteiger partial charge is 0.262 e. The quantitative estimate of drug-likeness (QED) is 0.331. The van der Waals surface area contributed by atoms with Gasteiger partial charge in [-0.15, -0.1) is 0 Å². The Bertz CT molecular complexity index is 1710. The average Bonchev–Trinajstić information content (AvgIpc) is 3.50. The first-order valence-electron chi connectivity index (χ1n) is 16.5. The lowest BCUT2D eigenvalue weighted by Gasteiger charge is -2.46. The molecule has 0 radical (unpaired) electrons. The van der Waals surface area contributed by atoms with Crippen LogP contribution in [0.15, 0.2) is 58.5 Å². The lowest BCUT2D eigenvalue weighted by molar-refractivity contribution is 0.00162. The van der Waals surface area contributed by atoms with Gasteiger partial charge < -0.3 is 14.4 Å². The van der Waals surface area contributed by atoms with Crippen molar-refractivity contribution in [3.05, 3.63) is 70.3 Å². The Morgan fingerprint density at radius 2 is 2.11 bits per heavy atom. The van der Waals surface area contributed by atoms with E-state index in [1.807, 2.05) is 31.3 Å². The van der Waals surface area contributed by atoms with Gasteiger partial charge in [0.15, 0.2) is 0 Å². The summed E-state index contributed by atoms with van der Waals surface area (Å²) in [6, 6.07) is 11.9. The summed E-state index contributed by atoms with van der Waals surface area (Å²) in [5.74, 6) is 5.81. The number of amides is 1. The number of aliphatic imine (C=N–C) groups is 2. The predicted molar refractivity (Wildman–Crippen MR) is 188 cm³/mol. The van der Waals surface area contributed by atoms with Crippen molar-refractivity contribution in [3.63, 3.8) is 0 Å². The first-order chi connectivity index (χ1) is 22.2. The molecule has 0 aromatic heterocycles. The van der Waals surface area contributed by atoms with Crippen LogP contribution in [-0.4, -0.2) is 72.2 Å². The molecule has 1 fully saturated rings. The molecule has 1 spiro atoms. The monoisotopic (exact) mass is 662 g/mol. The molecular formula is C36H43ClN4O4S. The molecule has 244 valence electrons. The number of rotatable bonds is 3. The number of hydrogen-bond donors (Lipinski definition) is 1. The van der Waals surface area contributed by atoms with E-state index in [9.17, 15) is 9.00 Å². The molecule has 1 unspecified atom stereocenters. The van der Waals surface area contributed by atoms with Crippen LogP contribution >= 0.6 is 11.6 Å². The zero-order chi connectivity index (χ0) is 31.9. The summed E-state index contributed by atoms with van der Waals surface area (Å²) < 4.78 is 29.5. The second kappa shape index (κ2) is 12.8. The SMILES string of the molecule is C=S1(=O)NC(=O)c2ccc3c(c2)N(C[C@@H]2CC[C@H]2[C@@H](OCC2=NCC=N2)/C=C/CC[C@H]1C)C[C@@]1(CCCc2cc(Cl)ccc21)CO3. The van der Waals surface area contributed by atoms with Gasteiger partial charge in [-0.3, -0.25) is 14.5 Å². The standard InChI is InChI=1S/C36H43ClN4O4S/c1-24-6-3-4-8-32(44-21-34-38-16-17-39-34)29-12-9-27(29)20-41-22-36(15-5-7-25-18-28(37)11-13-30(25)36)23-45-33-14-10-26(19-31(33)41)35(42)40-46(24,2)43/h4,8,10-11,13-14,16,18-19,24,27,29,32H,2-3,5-7,9,12,15,17,20-23H2,1H3,(H,40,42,43)/b8-4+/t24-,27+,29-,32+,36+,46?/m1/s1. The summed E-state index contributed by atoms with van der Waals surface area (Å²) in [4.78, 5) is 24.8. The van der Waals surface area contributed by atoms with Gasteiger partial charge in [0.25, 0.3) is 5.91 Å². The summed E-state index contributed by atoms with van der Waals surface area (Å²) in [7, 11) is -2.88. The van der Waals surface area contributed by atoms with Gasteiger partial charge in [0, 0.05) is 40.6 Å². The van der Waals surface area contributed by atoms with Crippen LogP contribution < -0.4 is 14.4 Å². The van der Waals surface area contributed by atoms with Gasteiger partial charge in [0.1, 0.15) is 18.2 Å². The van der Waals surface area contributed by atoms with Crippen LogP contribution in [0.25, 0.3) is 0 Å². The van der Waals surface area contributed by atoms with Gasteiger partial charge in [-0.25, -0.2) is 9.20 Å². The van der Waals surface area contributed by atoms with E-state index in [2.05, 4.69) is 49.8 Å². The highest BCUT2D eigenvalue weighted by Gasteiger charge is 2.44. The van der Waals surface area contributed by atoms with E-state index >= 15 is 0 Å². The van der Waals surface area contributed by atoms with E-state index in [0.29, 0.717) is 50.0 Å². The van der Waals surface area contributed by atoms with Crippen LogP contribution in [0.4, 0.5) is 5.69 Å². The highest BCUT2D eigenvalue weighted by atomic mass is 35.5. The molecule has 2 aromatic carbocycles. The number of nitrogens with zero attached hydrogens (tertiary/aromatic N) is 3. The lowest BCUT2D eigenvalue weighted by Crippen LogP contribution is -2.49. The topological polar surface area (TPSA) is 92.6 Å². The Kier molecular flexibility index (Phi) is 8.76. The number of aryl methyl sites for hydroxylation is 1. The molecule has 8 nitrogen and oxygen atoms in total. The van der Waals surface area contributed by atoms with Crippen molar-refractivity contribution in [1.82, 2.24) is 4.72 Å². The van der Waals surface area contributed by atoms with Crippen LogP contribution in [0.5, 0.6) is 5.75 Å². The molecule has 7 rings (SSSR count). The van der Waals surface area contributed by atoms with E-state index in [1.165, 1.54) is 11.1 Å². The molecule has 3 aliphatic heterocycles. The molecule has 10 heteroatoms. The normalized spacial score (nSPS) is 33.1. The number of benzene rings is 2. The number of allylic oxidation sites excluding steroid dienone is 1. The van der Waals surface area contributed by atoms with Crippen LogP contribution in [-0.2, 0) is 26.3 Å². The maximum Gasteiger partial charge on any atom is 0.262 e. The second-order valence-electron chi connectivity index (χ2n) is 13.6. The van der Waals surface area contributed by atoms with Crippen LogP contribution in [0.2, 0.25) is 5.02 Å². The second-order valence-corrected chi connectivity index (χ2v) is 16.5. The van der Waals surface area contributed by atoms with Crippen molar-refractivity contribution in [2.24, 2.45) is 21.8 Å². The molecule has 0 saturated heterocycles. The van der Waals surface area contributed by atoms with Crippen LogP contribution in [0, 0.1) is 11.8 Å². The number of ether oxygens (including phenoxy) is 2. The average molecular weight is 663 g/mol. The van der Waals surface area contributed by atoms with Crippen molar-refractivity contribution >= 4 is 50.8 Å². The molecule has 3 heterocycles. The molecule has 2 bridgehead atoms. The number of nitrogens with one attached hydrogen (secondary N) is 1. The van der Waals surface area contributed by atoms with E-state index in [0.717, 1.165) is 67.5 Å². The molecule has 6 atom stereocenters. The summed E-state index contributed by atoms with van der Waals surface area (Å²) >= 11 is 6.45. The maximum atomic E-state index is 13.6. The zero-order valence-corrected chi connectivity index (χ0v) is 28.0. The number of carbonyl (C=O) groups is 1. The van der Waals surface area contributed by atoms with Gasteiger partial charge in [0.05, 0.1) is 34.7 Å². The van der Waals surface area contributed by atoms with Crippen molar-refractivity contribution in [1.29, 1.82) is 0 Å². The van der Waals surface area contributed by atoms with Crippen LogP contribution in [0.1, 0.15) is 66.9 Å². The highest BCUT2D eigenvalue weighted by Crippen LogP contribution is 2.47. The molecule has 46 heavy (non-hydrogen) atoms. The molecular weight excluding hydrogens is 620 g/mol. The molecule has 5 aliphatic rings. The fourth-order valence-electron chi connectivity index (χ4n) is 7.77. The largest absolute Gasteiger partial charge is 0.490 e. The number of halogens is 1. The Balaban J connectivity index is 1.27. The highest BCUT2D eigenvalue weighted by molar-refractivity contribution is 7.99. The van der Waals surface area contributed by atoms with Crippen molar-refractivity contribution < 1.29 is 18.5 Å². The van der Waals surface area contributed by atoms with E-state index in [1.54, 1.807) is 6.07 Å². The maximum absolute atomic E-state index is 13.6. The Hall–Kier alpha value is -3.14. The van der Waals surface area contributed by atoms with Gasteiger partial charge in [-0.1, -0.05) is 29.8 Å². The third-order valence-corrected chi connectivity index (χ3v) is 12.9. The van der Waals surface area contributed by atoms with Gasteiger partial charge in [0.2, 0.25) is 0 Å². The number of carbonyl (C=O) groups excluding carboxylic acids is 1. The van der Waals surface area contributed by atoms with E-state index < -0.39 is 9.71 Å². The number of anilines is 1. The first kappa shape index (κ1) is 31.5. The van der Waals surface area contributed by atoms with Gasteiger partial charge in [-0.2, -0.15) is 0 Å². The molecule has 2 aromatic rings. The molecule has 1 amide bonds. The fourth-order valence-corrected chi connectivity index (χ4v) is 9.11. The Morgan fingerprint density at radius 1 is 1.22 bits per heavy atom. The van der Waals surface area contributed by atoms with Crippen molar-refractivity contribution in [2.45, 2.75) is 68.6 Å². The summed E-state index contributed by atoms with van der Waals surface area (Å²) in [5.41, 5.74) is 3.73. The number of hydrogen-bond acceptors (Lipinski definition) is 7.